The lowest BCUT2D eigenvalue weighted by Crippen LogP contribution is -2.28. The summed E-state index contributed by atoms with van der Waals surface area (Å²) in [6.45, 7) is 12.2. The minimum absolute atomic E-state index is 0.147. The molecular formula is C29H43N3O2. The molecule has 5 heteroatoms. The molecule has 34 heavy (non-hydrogen) atoms. The Kier molecular flexibility index (Phi) is 12.4. The first-order valence-corrected chi connectivity index (χ1v) is 12.7. The molecule has 186 valence electrons. The Morgan fingerprint density at radius 3 is 2.47 bits per heavy atom. The van der Waals surface area contributed by atoms with Gasteiger partial charge in [0.15, 0.2) is 0 Å². The summed E-state index contributed by atoms with van der Waals surface area (Å²) in [5, 5.41) is 0. The quantitative estimate of drug-likeness (QED) is 0.434. The van der Waals surface area contributed by atoms with Crippen molar-refractivity contribution in [2.24, 2.45) is 5.92 Å². The van der Waals surface area contributed by atoms with Crippen LogP contribution in [0.15, 0.2) is 54.7 Å². The lowest BCUT2D eigenvalue weighted by Gasteiger charge is -2.16. The number of carbonyl (C=O) groups is 1. The zero-order valence-electron chi connectivity index (χ0n) is 21.8. The van der Waals surface area contributed by atoms with E-state index < -0.39 is 0 Å². The third-order valence-electron chi connectivity index (χ3n) is 6.15. The third-order valence-corrected chi connectivity index (χ3v) is 6.15. The summed E-state index contributed by atoms with van der Waals surface area (Å²) in [7, 11) is 1.75. The van der Waals surface area contributed by atoms with E-state index in [4.69, 9.17) is 4.74 Å². The predicted octanol–water partition coefficient (Wildman–Crippen LogP) is 6.23. The second-order valence-corrected chi connectivity index (χ2v) is 9.04. The summed E-state index contributed by atoms with van der Waals surface area (Å²) < 4.78 is 7.07. The largest absolute Gasteiger partial charge is 0.385 e. The number of hydrogen-bond acceptors (Lipinski definition) is 3. The molecule has 1 amide bonds. The van der Waals surface area contributed by atoms with Crippen molar-refractivity contribution < 1.29 is 9.53 Å². The predicted molar refractivity (Wildman–Crippen MR) is 141 cm³/mol. The van der Waals surface area contributed by atoms with Crippen LogP contribution in [0.5, 0.6) is 0 Å². The van der Waals surface area contributed by atoms with Crippen molar-refractivity contribution in [3.63, 3.8) is 0 Å². The minimum atomic E-state index is 0.147. The van der Waals surface area contributed by atoms with E-state index in [-0.39, 0.29) is 5.91 Å². The Morgan fingerprint density at radius 1 is 1.09 bits per heavy atom. The average molecular weight is 466 g/mol. The Bertz CT molecular complexity index is 915. The number of aryl methyl sites for hydroxylation is 1. The highest BCUT2D eigenvalue weighted by Crippen LogP contribution is 2.18. The van der Waals surface area contributed by atoms with E-state index >= 15 is 0 Å². The van der Waals surface area contributed by atoms with Crippen LogP contribution in [0.2, 0.25) is 0 Å². The van der Waals surface area contributed by atoms with Crippen LogP contribution in [0.1, 0.15) is 73.9 Å². The third kappa shape index (κ3) is 8.94. The Labute approximate surface area is 206 Å². The van der Waals surface area contributed by atoms with E-state index in [0.717, 1.165) is 56.0 Å². The van der Waals surface area contributed by atoms with Crippen molar-refractivity contribution in [2.75, 3.05) is 26.8 Å². The van der Waals surface area contributed by atoms with Gasteiger partial charge in [-0.05, 0) is 62.4 Å². The van der Waals surface area contributed by atoms with Gasteiger partial charge in [0.2, 0.25) is 0 Å². The van der Waals surface area contributed by atoms with Gasteiger partial charge in [0, 0.05) is 57.2 Å². The maximum atomic E-state index is 12.6. The molecule has 0 saturated carbocycles. The Morgan fingerprint density at radius 2 is 1.85 bits per heavy atom. The van der Waals surface area contributed by atoms with Crippen molar-refractivity contribution in [1.29, 1.82) is 0 Å². The number of aromatic nitrogens is 2. The second kappa shape index (κ2) is 15.3. The van der Waals surface area contributed by atoms with Crippen molar-refractivity contribution >= 4 is 5.91 Å². The summed E-state index contributed by atoms with van der Waals surface area (Å²) in [4.78, 5) is 19.3. The molecule has 3 rings (SSSR count). The fraction of sp³-hybridized carbons (Fsp3) is 0.517. The first-order valence-electron chi connectivity index (χ1n) is 12.7. The van der Waals surface area contributed by atoms with Crippen LogP contribution in [0.4, 0.5) is 0 Å². The highest BCUT2D eigenvalue weighted by atomic mass is 16.5. The molecule has 0 bridgehead atoms. The summed E-state index contributed by atoms with van der Waals surface area (Å²) in [5.74, 6) is 1.76. The maximum absolute atomic E-state index is 12.6. The Hall–Kier alpha value is -2.66. The summed E-state index contributed by atoms with van der Waals surface area (Å²) >= 11 is 0. The van der Waals surface area contributed by atoms with E-state index in [1.54, 1.807) is 7.11 Å². The van der Waals surface area contributed by atoms with Crippen LogP contribution in [0, 0.1) is 12.8 Å². The number of rotatable bonds is 8. The monoisotopic (exact) mass is 465 g/mol. The summed E-state index contributed by atoms with van der Waals surface area (Å²) in [6, 6.07) is 16.1. The lowest BCUT2D eigenvalue weighted by molar-refractivity contribution is 0.0788. The first-order chi connectivity index (χ1) is 16.5. The maximum Gasteiger partial charge on any atom is 0.253 e. The van der Waals surface area contributed by atoms with Gasteiger partial charge in [-0.25, -0.2) is 4.98 Å². The minimum Gasteiger partial charge on any atom is -0.385 e. The van der Waals surface area contributed by atoms with E-state index in [9.17, 15) is 4.79 Å². The van der Waals surface area contributed by atoms with Crippen LogP contribution in [0.3, 0.4) is 0 Å². The van der Waals surface area contributed by atoms with Crippen LogP contribution < -0.4 is 0 Å². The van der Waals surface area contributed by atoms with Gasteiger partial charge in [-0.1, -0.05) is 51.0 Å². The fourth-order valence-corrected chi connectivity index (χ4v) is 4.12. The number of hydrogen-bond donors (Lipinski definition) is 0. The lowest BCUT2D eigenvalue weighted by atomic mass is 10.1. The number of carbonyl (C=O) groups excluding carboxylic acids is 1. The summed E-state index contributed by atoms with van der Waals surface area (Å²) in [5.41, 5.74) is 3.11. The molecule has 0 N–H and O–H groups in total. The molecule has 1 aliphatic rings. The molecule has 0 aliphatic carbocycles. The molecule has 2 aromatic rings. The molecule has 1 aliphatic heterocycles. The van der Waals surface area contributed by atoms with E-state index in [2.05, 4.69) is 55.4 Å². The number of amides is 1. The molecule has 1 unspecified atom stereocenters. The van der Waals surface area contributed by atoms with Gasteiger partial charge in [-0.3, -0.25) is 4.79 Å². The topological polar surface area (TPSA) is 47.4 Å². The molecule has 1 aromatic heterocycles. The number of nitrogens with zero attached hydrogens (tertiary/aromatic N) is 3. The first kappa shape index (κ1) is 27.6. The number of ether oxygens (including phenoxy) is 1. The fourth-order valence-electron chi connectivity index (χ4n) is 4.12. The Balaban J connectivity index is 0.000000509. The van der Waals surface area contributed by atoms with Crippen LogP contribution in [-0.2, 0) is 17.7 Å². The molecule has 1 atom stereocenters. The van der Waals surface area contributed by atoms with E-state index in [0.29, 0.717) is 5.92 Å². The normalized spacial score (nSPS) is 14.9. The molecule has 1 fully saturated rings. The zero-order valence-corrected chi connectivity index (χ0v) is 21.8. The molecule has 1 saturated heterocycles. The SMILES string of the molecule is CCCCCOC.CCn1c(C)cccccnc1Cc1ccc(C(=O)N2CCC(C)C2)cc1. The summed E-state index contributed by atoms with van der Waals surface area (Å²) in [6.07, 6.45) is 7.47. The molecule has 1 aromatic carbocycles. The average Bonchev–Trinajstić information content (AvgIpc) is 3.30. The number of likely N-dealkylation sites (tertiary alicyclic amines) is 1. The van der Waals surface area contributed by atoms with E-state index in [1.807, 2.05) is 41.4 Å². The van der Waals surface area contributed by atoms with Gasteiger partial charge in [0.1, 0.15) is 5.82 Å². The molecule has 5 nitrogen and oxygen atoms in total. The number of methoxy groups -OCH3 is 1. The van der Waals surface area contributed by atoms with Crippen molar-refractivity contribution in [3.8, 4) is 0 Å². The second-order valence-electron chi connectivity index (χ2n) is 9.04. The number of benzene rings is 1. The molecule has 0 spiro atoms. The zero-order chi connectivity index (χ0) is 24.8. The van der Waals surface area contributed by atoms with Crippen LogP contribution in [0.25, 0.3) is 0 Å². The molecular weight excluding hydrogens is 422 g/mol. The van der Waals surface area contributed by atoms with Crippen LogP contribution >= 0.6 is 0 Å². The van der Waals surface area contributed by atoms with Gasteiger partial charge in [-0.2, -0.15) is 0 Å². The van der Waals surface area contributed by atoms with Gasteiger partial charge >= 0.3 is 0 Å². The molecule has 2 heterocycles. The van der Waals surface area contributed by atoms with Gasteiger partial charge < -0.3 is 14.2 Å². The van der Waals surface area contributed by atoms with Crippen molar-refractivity contribution in [3.05, 3.63) is 77.4 Å². The van der Waals surface area contributed by atoms with Crippen molar-refractivity contribution in [2.45, 2.75) is 66.3 Å². The van der Waals surface area contributed by atoms with Gasteiger partial charge in [0.25, 0.3) is 5.91 Å². The van der Waals surface area contributed by atoms with Gasteiger partial charge in [0.05, 0.1) is 0 Å². The highest BCUT2D eigenvalue weighted by molar-refractivity contribution is 5.94. The van der Waals surface area contributed by atoms with E-state index in [1.165, 1.54) is 25.0 Å². The van der Waals surface area contributed by atoms with Gasteiger partial charge in [-0.15, -0.1) is 0 Å². The highest BCUT2D eigenvalue weighted by Gasteiger charge is 2.23. The smallest absolute Gasteiger partial charge is 0.253 e. The van der Waals surface area contributed by atoms with Crippen molar-refractivity contribution in [1.82, 2.24) is 14.5 Å². The standard InChI is InChI=1S/C23H29N3O.C6H14O/c1-4-26-19(3)8-6-5-7-14-24-22(26)16-20-9-11-21(12-10-20)23(27)25-15-13-18(2)17-25;1-3-4-5-6-7-2/h5-12,14,18H,4,13,15-17H2,1-3H3;3-6H2,1-2H3. The molecule has 0 radical (unpaired) electrons. The number of unbranched alkanes of at least 4 members (excludes halogenated alkanes) is 2. The van der Waals surface area contributed by atoms with Crippen LogP contribution in [-0.4, -0.2) is 47.2 Å².